The van der Waals surface area contributed by atoms with Gasteiger partial charge < -0.3 is 4.74 Å². The quantitative estimate of drug-likeness (QED) is 0.847. The molecule has 18 heavy (non-hydrogen) atoms. The summed E-state index contributed by atoms with van der Waals surface area (Å²) in [7, 11) is -0.963. The van der Waals surface area contributed by atoms with Crippen LogP contribution in [0.15, 0.2) is 28.6 Å². The van der Waals surface area contributed by atoms with Gasteiger partial charge in [0.25, 0.3) is 0 Å². The molecule has 1 aromatic heterocycles. The van der Waals surface area contributed by atoms with Gasteiger partial charge in [-0.25, -0.2) is 4.98 Å². The largest absolute Gasteiger partial charge is 0.379 e. The number of nitrogens with zero attached hydrogens (tertiary/aromatic N) is 2. The minimum absolute atomic E-state index is 0.849. The lowest BCUT2D eigenvalue weighted by atomic mass is 10.3. The van der Waals surface area contributed by atoms with E-state index in [0.29, 0.717) is 0 Å². The minimum Gasteiger partial charge on any atom is -0.379 e. The maximum Gasteiger partial charge on any atom is 0.145 e. The fourth-order valence-corrected chi connectivity index (χ4v) is 5.88. The molecule has 0 unspecified atom stereocenters. The van der Waals surface area contributed by atoms with Crippen LogP contribution in [0.3, 0.4) is 0 Å². The minimum atomic E-state index is -0.963. The van der Waals surface area contributed by atoms with E-state index in [1.165, 1.54) is 9.04 Å². The molecule has 1 fully saturated rings. The Hall–Kier alpha value is -0.620. The molecule has 0 spiro atoms. The van der Waals surface area contributed by atoms with E-state index in [9.17, 15) is 0 Å². The van der Waals surface area contributed by atoms with Crippen molar-refractivity contribution in [2.24, 2.45) is 0 Å². The molecule has 0 N–H and O–H groups in total. The monoisotopic (exact) mass is 282 g/mol. The third kappa shape index (κ3) is 2.16. The Morgan fingerprint density at radius 1 is 1.22 bits per heavy atom. The van der Waals surface area contributed by atoms with Crippen molar-refractivity contribution < 1.29 is 4.74 Å². The molecule has 1 aliphatic heterocycles. The van der Waals surface area contributed by atoms with Crippen molar-refractivity contribution in [3.63, 3.8) is 0 Å². The highest BCUT2D eigenvalue weighted by atomic mass is 32.3. The van der Waals surface area contributed by atoms with Crippen LogP contribution in [0.2, 0.25) is 0 Å². The highest BCUT2D eigenvalue weighted by Crippen LogP contribution is 2.54. The van der Waals surface area contributed by atoms with Crippen LogP contribution in [-0.4, -0.2) is 48.1 Å². The van der Waals surface area contributed by atoms with Crippen LogP contribution in [0.25, 0.3) is 10.2 Å². The van der Waals surface area contributed by atoms with Crippen LogP contribution in [-0.2, 0) is 4.74 Å². The number of thiazole rings is 1. The summed E-state index contributed by atoms with van der Waals surface area (Å²) in [5, 5.41) is 0. The second-order valence-electron chi connectivity index (χ2n) is 4.76. The SMILES string of the molecule is CS(C)(c1nc2ccccc2s1)N1CCOCC1. The van der Waals surface area contributed by atoms with Gasteiger partial charge in [-0.15, -0.1) is 21.6 Å². The summed E-state index contributed by atoms with van der Waals surface area (Å²) >= 11 is 1.84. The van der Waals surface area contributed by atoms with Crippen molar-refractivity contribution in [2.45, 2.75) is 4.34 Å². The topological polar surface area (TPSA) is 25.4 Å². The molecule has 98 valence electrons. The summed E-state index contributed by atoms with van der Waals surface area (Å²) in [6.07, 6.45) is 4.69. The first kappa shape index (κ1) is 12.4. The summed E-state index contributed by atoms with van der Waals surface area (Å²) in [6, 6.07) is 8.40. The molecule has 0 bridgehead atoms. The van der Waals surface area contributed by atoms with Crippen LogP contribution < -0.4 is 0 Å². The molecule has 0 atom stereocenters. The zero-order chi connectivity index (χ0) is 12.6. The van der Waals surface area contributed by atoms with Crippen LogP contribution in [0.1, 0.15) is 0 Å². The Labute approximate surface area is 113 Å². The molecular formula is C13H18N2OS2. The van der Waals surface area contributed by atoms with E-state index in [0.717, 1.165) is 31.8 Å². The number of morpholine rings is 1. The van der Waals surface area contributed by atoms with Gasteiger partial charge in [0, 0.05) is 13.1 Å². The molecule has 3 nitrogen and oxygen atoms in total. The fraction of sp³-hybridized carbons (Fsp3) is 0.462. The maximum atomic E-state index is 5.44. The van der Waals surface area contributed by atoms with Crippen LogP contribution in [0, 0.1) is 0 Å². The van der Waals surface area contributed by atoms with Gasteiger partial charge in [-0.1, -0.05) is 12.1 Å². The fourth-order valence-electron chi connectivity index (χ4n) is 2.18. The number of ether oxygens (including phenoxy) is 1. The summed E-state index contributed by atoms with van der Waals surface area (Å²) in [4.78, 5) is 4.83. The number of rotatable bonds is 2. The molecule has 1 aromatic carbocycles. The molecule has 0 amide bonds. The van der Waals surface area contributed by atoms with Crippen molar-refractivity contribution in [1.82, 2.24) is 9.29 Å². The molecule has 1 aliphatic rings. The number of fused-ring (bicyclic) bond motifs is 1. The van der Waals surface area contributed by atoms with E-state index < -0.39 is 10.2 Å². The molecule has 2 heterocycles. The van der Waals surface area contributed by atoms with E-state index in [1.807, 2.05) is 11.3 Å². The Kier molecular flexibility index (Phi) is 3.32. The van der Waals surface area contributed by atoms with E-state index in [4.69, 9.17) is 9.72 Å². The Morgan fingerprint density at radius 2 is 1.94 bits per heavy atom. The Balaban J connectivity index is 1.96. The summed E-state index contributed by atoms with van der Waals surface area (Å²) in [5.41, 5.74) is 1.13. The first-order valence-electron chi connectivity index (χ1n) is 6.10. The summed E-state index contributed by atoms with van der Waals surface area (Å²) < 4.78 is 10.6. The van der Waals surface area contributed by atoms with E-state index in [2.05, 4.69) is 41.1 Å². The second kappa shape index (κ2) is 4.81. The summed E-state index contributed by atoms with van der Waals surface area (Å²) in [6.45, 7) is 3.75. The zero-order valence-electron chi connectivity index (χ0n) is 10.8. The zero-order valence-corrected chi connectivity index (χ0v) is 12.4. The molecule has 5 heteroatoms. The second-order valence-corrected chi connectivity index (χ2v) is 9.50. The van der Waals surface area contributed by atoms with Crippen LogP contribution in [0.5, 0.6) is 0 Å². The van der Waals surface area contributed by atoms with Crippen molar-refractivity contribution >= 4 is 31.8 Å². The Morgan fingerprint density at radius 3 is 2.67 bits per heavy atom. The van der Waals surface area contributed by atoms with E-state index in [1.54, 1.807) is 0 Å². The average Bonchev–Trinajstić information content (AvgIpc) is 2.84. The molecule has 1 saturated heterocycles. The van der Waals surface area contributed by atoms with Crippen molar-refractivity contribution in [2.75, 3.05) is 38.8 Å². The number of hydrogen-bond donors (Lipinski definition) is 0. The first-order chi connectivity index (χ1) is 8.68. The van der Waals surface area contributed by atoms with Gasteiger partial charge in [0.15, 0.2) is 0 Å². The van der Waals surface area contributed by atoms with Gasteiger partial charge in [-0.3, -0.25) is 4.31 Å². The van der Waals surface area contributed by atoms with Crippen molar-refractivity contribution in [3.8, 4) is 0 Å². The lowest BCUT2D eigenvalue weighted by Crippen LogP contribution is -2.37. The highest BCUT2D eigenvalue weighted by molar-refractivity contribution is 8.31. The Bertz CT molecular complexity index is 514. The van der Waals surface area contributed by atoms with Crippen LogP contribution >= 0.6 is 21.6 Å². The normalized spacial score (nSPS) is 19.2. The standard InChI is InChI=1S/C13H18N2OS2/c1-18(2,15-7-9-16-10-8-15)13-14-11-5-3-4-6-12(11)17-13/h3-6H,7-10H2,1-2H3. The van der Waals surface area contributed by atoms with Gasteiger partial charge >= 0.3 is 0 Å². The van der Waals surface area contributed by atoms with Crippen LogP contribution in [0.4, 0.5) is 0 Å². The van der Waals surface area contributed by atoms with Gasteiger partial charge in [-0.05, 0) is 24.6 Å². The smallest absolute Gasteiger partial charge is 0.145 e. The predicted octanol–water partition coefficient (Wildman–Crippen LogP) is 2.97. The van der Waals surface area contributed by atoms with Crippen molar-refractivity contribution in [1.29, 1.82) is 0 Å². The molecule has 0 aliphatic carbocycles. The third-order valence-electron chi connectivity index (χ3n) is 3.32. The van der Waals surface area contributed by atoms with E-state index in [-0.39, 0.29) is 0 Å². The molecule has 0 radical (unpaired) electrons. The maximum absolute atomic E-state index is 5.44. The first-order valence-corrected chi connectivity index (χ1v) is 9.32. The van der Waals surface area contributed by atoms with Gasteiger partial charge in [0.1, 0.15) is 4.34 Å². The number of para-hydroxylation sites is 1. The molecule has 2 aromatic rings. The van der Waals surface area contributed by atoms with Gasteiger partial charge in [-0.2, -0.15) is 0 Å². The highest BCUT2D eigenvalue weighted by Gasteiger charge is 2.28. The van der Waals surface area contributed by atoms with E-state index >= 15 is 0 Å². The lowest BCUT2D eigenvalue weighted by molar-refractivity contribution is 0.0757. The number of benzene rings is 1. The van der Waals surface area contributed by atoms with Gasteiger partial charge in [0.2, 0.25) is 0 Å². The van der Waals surface area contributed by atoms with Crippen molar-refractivity contribution in [3.05, 3.63) is 24.3 Å². The molecule has 0 saturated carbocycles. The number of aromatic nitrogens is 1. The predicted molar refractivity (Wildman–Crippen MR) is 79.7 cm³/mol. The summed E-state index contributed by atoms with van der Waals surface area (Å²) in [5.74, 6) is 0. The lowest BCUT2D eigenvalue weighted by Gasteiger charge is -2.43. The molecular weight excluding hydrogens is 264 g/mol. The number of hydrogen-bond acceptors (Lipinski definition) is 4. The average molecular weight is 282 g/mol. The molecule has 3 rings (SSSR count). The third-order valence-corrected chi connectivity index (χ3v) is 8.22. The van der Waals surface area contributed by atoms with Gasteiger partial charge in [0.05, 0.1) is 23.4 Å².